The van der Waals surface area contributed by atoms with Gasteiger partial charge >= 0.3 is 10.2 Å². The zero-order valence-corrected chi connectivity index (χ0v) is 21.8. The average molecular weight is 520 g/mol. The van der Waals surface area contributed by atoms with E-state index in [0.717, 1.165) is 42.8 Å². The van der Waals surface area contributed by atoms with Gasteiger partial charge in [-0.1, -0.05) is 65.8 Å². The van der Waals surface area contributed by atoms with Crippen molar-refractivity contribution >= 4 is 44.5 Å². The van der Waals surface area contributed by atoms with Crippen LogP contribution in [0.2, 0.25) is 5.02 Å². The van der Waals surface area contributed by atoms with Gasteiger partial charge in [0.2, 0.25) is 0 Å². The third-order valence-electron chi connectivity index (χ3n) is 6.25. The summed E-state index contributed by atoms with van der Waals surface area (Å²) in [6, 6.07) is 17.7. The van der Waals surface area contributed by atoms with Gasteiger partial charge in [-0.3, -0.25) is 0 Å². The zero-order valence-electron chi connectivity index (χ0n) is 19.4. The van der Waals surface area contributed by atoms with Crippen molar-refractivity contribution in [1.29, 1.82) is 0 Å². The molecule has 4 rings (SSSR count). The summed E-state index contributed by atoms with van der Waals surface area (Å²) in [7, 11) is -1.75. The molecule has 1 N–H and O–H groups in total. The molecule has 0 radical (unpaired) electrons. The molecule has 2 aliphatic rings. The molecule has 7 nitrogen and oxygen atoms in total. The molecule has 0 bridgehead atoms. The number of halogens is 1. The van der Waals surface area contributed by atoms with Crippen molar-refractivity contribution in [3.63, 3.8) is 0 Å². The molecule has 0 spiro atoms. The third kappa shape index (κ3) is 6.40. The molecule has 2 heterocycles. The van der Waals surface area contributed by atoms with Gasteiger partial charge in [0.25, 0.3) is 0 Å². The molecule has 0 aliphatic carbocycles. The highest BCUT2D eigenvalue weighted by atomic mass is 35.5. The van der Waals surface area contributed by atoms with Crippen LogP contribution in [0.3, 0.4) is 0 Å². The Bertz CT molecular complexity index is 1130. The Balaban J connectivity index is 1.55. The highest BCUT2D eigenvalue weighted by Crippen LogP contribution is 2.31. The van der Waals surface area contributed by atoms with Gasteiger partial charge in [-0.15, -0.1) is 4.40 Å². The second kappa shape index (κ2) is 11.2. The van der Waals surface area contributed by atoms with Crippen molar-refractivity contribution in [1.82, 2.24) is 14.6 Å². The number of hydrogen-bond donors (Lipinski definition) is 1. The van der Waals surface area contributed by atoms with E-state index < -0.39 is 10.2 Å². The number of hydrogen-bond acceptors (Lipinski definition) is 5. The lowest BCUT2D eigenvalue weighted by Crippen LogP contribution is -2.37. The quantitative estimate of drug-likeness (QED) is 0.460. The molecule has 0 amide bonds. The van der Waals surface area contributed by atoms with Crippen molar-refractivity contribution in [2.75, 3.05) is 39.5 Å². The Morgan fingerprint density at radius 1 is 1.15 bits per heavy atom. The predicted octanol–water partition coefficient (Wildman–Crippen LogP) is 4.04. The molecule has 0 aromatic heterocycles. The maximum Gasteiger partial charge on any atom is 0.322 e. The maximum atomic E-state index is 12.8. The molecular weight excluding hydrogens is 490 g/mol. The van der Waals surface area contributed by atoms with Gasteiger partial charge in [0.15, 0.2) is 5.17 Å². The van der Waals surface area contributed by atoms with Crippen molar-refractivity contribution in [3.05, 3.63) is 70.7 Å². The van der Waals surface area contributed by atoms with Crippen LogP contribution in [0.15, 0.2) is 64.1 Å². The Morgan fingerprint density at radius 2 is 1.82 bits per heavy atom. The highest BCUT2D eigenvalue weighted by Gasteiger charge is 2.32. The zero-order chi connectivity index (χ0) is 24.1. The molecule has 1 unspecified atom stereocenters. The molecular formula is C24H30ClN5O2S2. The summed E-state index contributed by atoms with van der Waals surface area (Å²) in [5, 5.41) is 7.52. The van der Waals surface area contributed by atoms with E-state index in [-0.39, 0.29) is 5.92 Å². The Hall–Kier alpha value is -1.91. The smallest absolute Gasteiger partial charge is 0.306 e. The van der Waals surface area contributed by atoms with E-state index in [1.807, 2.05) is 48.7 Å². The second-order valence-corrected chi connectivity index (χ2v) is 11.3. The number of rotatable bonds is 6. The number of nitrogens with zero attached hydrogens (tertiary/aromatic N) is 4. The van der Waals surface area contributed by atoms with Crippen LogP contribution in [-0.4, -0.2) is 68.7 Å². The number of hydrazone groups is 1. The molecule has 2 aromatic rings. The SMILES string of the molecule is CSC(=NS(=O)(=O)NCC1CCN(C)CC1)N1CC(c2ccccc2)C(c2ccc(Cl)cc2)=N1. The molecule has 1 fully saturated rings. The average Bonchev–Trinajstić information content (AvgIpc) is 3.29. The molecule has 1 atom stereocenters. The van der Waals surface area contributed by atoms with Crippen LogP contribution >= 0.6 is 23.4 Å². The lowest BCUT2D eigenvalue weighted by atomic mass is 9.91. The topological polar surface area (TPSA) is 77.4 Å². The molecule has 182 valence electrons. The van der Waals surface area contributed by atoms with Crippen LogP contribution in [0.1, 0.15) is 29.9 Å². The number of amidine groups is 1. The van der Waals surface area contributed by atoms with E-state index in [2.05, 4.69) is 33.2 Å². The summed E-state index contributed by atoms with van der Waals surface area (Å²) < 4.78 is 32.4. The standard InChI is InChI=1S/C24H30ClN5O2S2/c1-29-14-12-18(13-15-29)16-26-34(31,32)28-24(33-2)30-17-22(19-6-4-3-5-7-19)23(27-30)20-8-10-21(25)11-9-20/h3-11,18,22,26H,12-17H2,1-2H3. The second-order valence-electron chi connectivity index (χ2n) is 8.69. The minimum atomic E-state index is -3.84. The summed E-state index contributed by atoms with van der Waals surface area (Å²) in [6.45, 7) is 2.89. The molecule has 10 heteroatoms. The fraction of sp³-hybridized carbons (Fsp3) is 0.417. The van der Waals surface area contributed by atoms with E-state index in [1.54, 1.807) is 5.01 Å². The van der Waals surface area contributed by atoms with Gasteiger partial charge in [-0.25, -0.2) is 5.01 Å². The van der Waals surface area contributed by atoms with Crippen molar-refractivity contribution < 1.29 is 8.42 Å². The van der Waals surface area contributed by atoms with Gasteiger partial charge in [-0.05, 0) is 68.4 Å². The Labute approximate surface area is 211 Å². The van der Waals surface area contributed by atoms with Crippen LogP contribution in [-0.2, 0) is 10.2 Å². The van der Waals surface area contributed by atoms with Gasteiger partial charge < -0.3 is 4.90 Å². The highest BCUT2D eigenvalue weighted by molar-refractivity contribution is 8.13. The first-order valence-electron chi connectivity index (χ1n) is 11.3. The van der Waals surface area contributed by atoms with Crippen LogP contribution in [0.4, 0.5) is 0 Å². The normalized spacial score (nSPS) is 20.6. The van der Waals surface area contributed by atoms with E-state index in [1.165, 1.54) is 11.8 Å². The third-order valence-corrected chi connectivity index (χ3v) is 8.23. The van der Waals surface area contributed by atoms with E-state index in [4.69, 9.17) is 16.7 Å². The molecule has 0 saturated carbocycles. The minimum absolute atomic E-state index is 0.0189. The fourth-order valence-corrected chi connectivity index (χ4v) is 6.12. The first kappa shape index (κ1) is 25.2. The molecule has 2 aromatic carbocycles. The first-order valence-corrected chi connectivity index (χ1v) is 14.4. The van der Waals surface area contributed by atoms with Crippen LogP contribution in [0.25, 0.3) is 0 Å². The first-order chi connectivity index (χ1) is 16.3. The summed E-state index contributed by atoms with van der Waals surface area (Å²) >= 11 is 7.36. The largest absolute Gasteiger partial charge is 0.322 e. The summed E-state index contributed by atoms with van der Waals surface area (Å²) in [4.78, 5) is 2.27. The molecule has 34 heavy (non-hydrogen) atoms. The lowest BCUT2D eigenvalue weighted by molar-refractivity contribution is 0.220. The van der Waals surface area contributed by atoms with Crippen molar-refractivity contribution in [3.8, 4) is 0 Å². The predicted molar refractivity (Wildman–Crippen MR) is 142 cm³/mol. The number of piperidine rings is 1. The fourth-order valence-electron chi connectivity index (χ4n) is 4.26. The van der Waals surface area contributed by atoms with E-state index in [0.29, 0.717) is 29.2 Å². The van der Waals surface area contributed by atoms with Crippen LogP contribution in [0, 0.1) is 5.92 Å². The van der Waals surface area contributed by atoms with Crippen molar-refractivity contribution in [2.45, 2.75) is 18.8 Å². The molecule has 1 saturated heterocycles. The number of thioether (sulfide) groups is 1. The lowest BCUT2D eigenvalue weighted by Gasteiger charge is -2.28. The Morgan fingerprint density at radius 3 is 2.47 bits per heavy atom. The summed E-state index contributed by atoms with van der Waals surface area (Å²) in [6.07, 6.45) is 3.79. The van der Waals surface area contributed by atoms with E-state index in [9.17, 15) is 8.42 Å². The van der Waals surface area contributed by atoms with Crippen molar-refractivity contribution in [2.24, 2.45) is 15.4 Å². The minimum Gasteiger partial charge on any atom is -0.306 e. The van der Waals surface area contributed by atoms with Gasteiger partial charge in [0.05, 0.1) is 12.3 Å². The Kier molecular flexibility index (Phi) is 8.31. The monoisotopic (exact) mass is 519 g/mol. The number of nitrogens with one attached hydrogen (secondary N) is 1. The maximum absolute atomic E-state index is 12.8. The summed E-state index contributed by atoms with van der Waals surface area (Å²) in [5.74, 6) is 0.317. The van der Waals surface area contributed by atoms with Crippen LogP contribution in [0.5, 0.6) is 0 Å². The van der Waals surface area contributed by atoms with Crippen LogP contribution < -0.4 is 4.72 Å². The van der Waals surface area contributed by atoms with E-state index >= 15 is 0 Å². The number of benzene rings is 2. The number of likely N-dealkylation sites (tertiary alicyclic amines) is 1. The van der Waals surface area contributed by atoms with Gasteiger partial charge in [0.1, 0.15) is 0 Å². The van der Waals surface area contributed by atoms with Gasteiger partial charge in [-0.2, -0.15) is 18.2 Å². The summed E-state index contributed by atoms with van der Waals surface area (Å²) in [5.41, 5.74) is 2.92. The van der Waals surface area contributed by atoms with Gasteiger partial charge in [0, 0.05) is 17.5 Å². The molecule has 2 aliphatic heterocycles.